The third-order valence-corrected chi connectivity index (χ3v) is 9.36. The smallest absolute Gasteiger partial charge is 0.264 e. The van der Waals surface area contributed by atoms with Crippen LogP contribution in [0.15, 0.2) is 83.8 Å². The van der Waals surface area contributed by atoms with Gasteiger partial charge in [0.2, 0.25) is 11.8 Å². The van der Waals surface area contributed by atoms with Gasteiger partial charge in [0.05, 0.1) is 17.7 Å². The number of hydrogen-bond acceptors (Lipinski definition) is 5. The molecule has 4 rings (SSSR count). The lowest BCUT2D eigenvalue weighted by Gasteiger charge is -2.33. The molecule has 10 heteroatoms. The van der Waals surface area contributed by atoms with E-state index >= 15 is 0 Å². The van der Waals surface area contributed by atoms with E-state index in [0.29, 0.717) is 22.9 Å². The summed E-state index contributed by atoms with van der Waals surface area (Å²) in [4.78, 5) is 29.1. The zero-order valence-electron chi connectivity index (χ0n) is 23.3. The van der Waals surface area contributed by atoms with Crippen LogP contribution in [0.2, 0.25) is 5.02 Å². The Morgan fingerprint density at radius 3 is 2.20 bits per heavy atom. The number of benzene rings is 3. The fraction of sp³-hybridized carbons (Fsp3) is 0.355. The zero-order chi connectivity index (χ0) is 29.4. The Morgan fingerprint density at radius 1 is 0.976 bits per heavy atom. The predicted octanol–water partition coefficient (Wildman–Crippen LogP) is 5.41. The fourth-order valence-electron chi connectivity index (χ4n) is 5.07. The largest absolute Gasteiger partial charge is 0.497 e. The Morgan fingerprint density at radius 2 is 1.61 bits per heavy atom. The summed E-state index contributed by atoms with van der Waals surface area (Å²) in [6.07, 6.45) is 4.31. The first-order valence-electron chi connectivity index (χ1n) is 13.8. The van der Waals surface area contributed by atoms with Crippen molar-refractivity contribution >= 4 is 39.1 Å². The normalized spacial score (nSPS) is 14.3. The molecule has 0 aromatic heterocycles. The lowest BCUT2D eigenvalue weighted by atomic mass is 10.1. The summed E-state index contributed by atoms with van der Waals surface area (Å²) in [5.74, 6) is -0.209. The van der Waals surface area contributed by atoms with Crippen LogP contribution in [0.25, 0.3) is 0 Å². The maximum Gasteiger partial charge on any atom is 0.264 e. The van der Waals surface area contributed by atoms with Crippen LogP contribution in [-0.2, 0) is 26.2 Å². The van der Waals surface area contributed by atoms with Gasteiger partial charge in [-0.05, 0) is 73.4 Å². The minimum absolute atomic E-state index is 0.0187. The summed E-state index contributed by atoms with van der Waals surface area (Å²) in [6, 6.07) is 20.9. The number of sulfonamides is 1. The number of amides is 2. The molecule has 0 radical (unpaired) electrons. The molecule has 3 aromatic rings. The van der Waals surface area contributed by atoms with Crippen molar-refractivity contribution in [2.75, 3.05) is 18.0 Å². The molecule has 0 heterocycles. The summed E-state index contributed by atoms with van der Waals surface area (Å²) in [5.41, 5.74) is 1.12. The van der Waals surface area contributed by atoms with Crippen LogP contribution in [0.5, 0.6) is 5.75 Å². The van der Waals surface area contributed by atoms with Crippen LogP contribution in [0.1, 0.15) is 44.6 Å². The van der Waals surface area contributed by atoms with E-state index in [1.807, 2.05) is 6.92 Å². The number of nitrogens with zero attached hydrogens (tertiary/aromatic N) is 2. The van der Waals surface area contributed by atoms with Gasteiger partial charge >= 0.3 is 0 Å². The van der Waals surface area contributed by atoms with Crippen molar-refractivity contribution in [3.63, 3.8) is 0 Å². The van der Waals surface area contributed by atoms with Crippen LogP contribution in [0.4, 0.5) is 5.69 Å². The second-order valence-electron chi connectivity index (χ2n) is 10.1. The minimum atomic E-state index is -4.15. The molecule has 0 unspecified atom stereocenters. The van der Waals surface area contributed by atoms with Crippen LogP contribution in [-0.4, -0.2) is 50.9 Å². The van der Waals surface area contributed by atoms with Crippen LogP contribution in [0, 0.1) is 0 Å². The Balaban J connectivity index is 1.68. The number of anilines is 1. The molecule has 0 spiro atoms. The van der Waals surface area contributed by atoms with E-state index in [1.54, 1.807) is 66.7 Å². The SMILES string of the molecule is CC[C@@H](C(=O)NC1CCCC1)N(Cc1ccc(Cl)cc1)C(=O)CN(c1ccccc1)S(=O)(=O)c1ccc(OC)cc1. The van der Waals surface area contributed by atoms with Crippen molar-refractivity contribution in [1.82, 2.24) is 10.2 Å². The van der Waals surface area contributed by atoms with Crippen LogP contribution >= 0.6 is 11.6 Å². The van der Waals surface area contributed by atoms with Crippen LogP contribution in [0.3, 0.4) is 0 Å². The molecule has 0 saturated heterocycles. The quantitative estimate of drug-likeness (QED) is 0.301. The highest BCUT2D eigenvalue weighted by Crippen LogP contribution is 2.26. The average molecular weight is 598 g/mol. The van der Waals surface area contributed by atoms with E-state index in [4.69, 9.17) is 16.3 Å². The van der Waals surface area contributed by atoms with E-state index < -0.39 is 28.5 Å². The van der Waals surface area contributed by atoms with Crippen molar-refractivity contribution in [2.24, 2.45) is 0 Å². The second kappa shape index (κ2) is 13.9. The van der Waals surface area contributed by atoms with Gasteiger partial charge in [0.1, 0.15) is 18.3 Å². The summed E-state index contributed by atoms with van der Waals surface area (Å²) >= 11 is 6.08. The topological polar surface area (TPSA) is 96.0 Å². The zero-order valence-corrected chi connectivity index (χ0v) is 24.9. The Labute approximate surface area is 247 Å². The minimum Gasteiger partial charge on any atom is -0.497 e. The number of carbonyl (C=O) groups is 2. The van der Waals surface area contributed by atoms with Crippen molar-refractivity contribution in [3.8, 4) is 5.75 Å². The monoisotopic (exact) mass is 597 g/mol. The van der Waals surface area contributed by atoms with E-state index in [-0.39, 0.29) is 23.4 Å². The highest BCUT2D eigenvalue weighted by molar-refractivity contribution is 7.92. The highest BCUT2D eigenvalue weighted by atomic mass is 35.5. The maximum absolute atomic E-state index is 14.1. The second-order valence-corrected chi connectivity index (χ2v) is 12.4. The molecule has 1 aliphatic rings. The number of nitrogens with one attached hydrogen (secondary N) is 1. The molecule has 0 bridgehead atoms. The highest BCUT2D eigenvalue weighted by Gasteiger charge is 2.34. The van der Waals surface area contributed by atoms with Gasteiger partial charge in [0.25, 0.3) is 10.0 Å². The Kier molecular flexibility index (Phi) is 10.3. The molecule has 218 valence electrons. The lowest BCUT2D eigenvalue weighted by molar-refractivity contribution is -0.140. The van der Waals surface area contributed by atoms with Gasteiger partial charge in [-0.2, -0.15) is 0 Å². The van der Waals surface area contributed by atoms with E-state index in [2.05, 4.69) is 5.32 Å². The number of methoxy groups -OCH3 is 1. The van der Waals surface area contributed by atoms with Crippen molar-refractivity contribution in [3.05, 3.63) is 89.4 Å². The number of halogens is 1. The first-order valence-corrected chi connectivity index (χ1v) is 15.6. The van der Waals surface area contributed by atoms with Gasteiger partial charge in [0.15, 0.2) is 0 Å². The van der Waals surface area contributed by atoms with Crippen molar-refractivity contribution < 1.29 is 22.7 Å². The first-order chi connectivity index (χ1) is 19.7. The standard InChI is InChI=1S/C31H36ClN3O5S/c1-3-29(31(37)33-25-9-7-8-10-25)34(21-23-13-15-24(32)16-14-23)30(36)22-35(26-11-5-4-6-12-26)41(38,39)28-19-17-27(40-2)18-20-28/h4-6,11-20,25,29H,3,7-10,21-22H2,1-2H3,(H,33,37)/t29-/m0/s1. The Hall–Kier alpha value is -3.56. The molecule has 1 aliphatic carbocycles. The van der Waals surface area contributed by atoms with Gasteiger partial charge in [-0.3, -0.25) is 13.9 Å². The maximum atomic E-state index is 14.1. The third kappa shape index (κ3) is 7.59. The van der Waals surface area contributed by atoms with Gasteiger partial charge in [-0.25, -0.2) is 8.42 Å². The number of hydrogen-bond donors (Lipinski definition) is 1. The molecular formula is C31H36ClN3O5S. The molecule has 1 saturated carbocycles. The molecule has 3 aromatic carbocycles. The van der Waals surface area contributed by atoms with Gasteiger partial charge in [-0.1, -0.05) is 61.7 Å². The van der Waals surface area contributed by atoms with E-state index in [1.165, 1.54) is 24.1 Å². The number of ether oxygens (including phenoxy) is 1. The number of para-hydroxylation sites is 1. The fourth-order valence-corrected chi connectivity index (χ4v) is 6.61. The summed E-state index contributed by atoms with van der Waals surface area (Å²) < 4.78 is 34.1. The van der Waals surface area contributed by atoms with E-state index in [0.717, 1.165) is 35.6 Å². The molecule has 8 nitrogen and oxygen atoms in total. The lowest BCUT2D eigenvalue weighted by Crippen LogP contribution is -2.53. The molecule has 2 amide bonds. The number of carbonyl (C=O) groups excluding carboxylic acids is 2. The van der Waals surface area contributed by atoms with Gasteiger partial charge < -0.3 is 15.0 Å². The summed E-state index contributed by atoms with van der Waals surface area (Å²) in [6.45, 7) is 1.49. The molecule has 1 N–H and O–H groups in total. The van der Waals surface area contributed by atoms with Crippen molar-refractivity contribution in [1.29, 1.82) is 0 Å². The first kappa shape index (κ1) is 30.4. The molecule has 1 fully saturated rings. The predicted molar refractivity (Wildman–Crippen MR) is 160 cm³/mol. The van der Waals surface area contributed by atoms with Gasteiger partial charge in [0, 0.05) is 17.6 Å². The summed E-state index contributed by atoms with van der Waals surface area (Å²) in [5, 5.41) is 3.67. The molecule has 1 atom stereocenters. The average Bonchev–Trinajstić information content (AvgIpc) is 3.50. The third-order valence-electron chi connectivity index (χ3n) is 7.32. The van der Waals surface area contributed by atoms with Gasteiger partial charge in [-0.15, -0.1) is 0 Å². The van der Waals surface area contributed by atoms with Crippen molar-refractivity contribution in [2.45, 2.75) is 62.6 Å². The van der Waals surface area contributed by atoms with Crippen LogP contribution < -0.4 is 14.4 Å². The van der Waals surface area contributed by atoms with E-state index in [9.17, 15) is 18.0 Å². The summed E-state index contributed by atoms with van der Waals surface area (Å²) in [7, 11) is -2.64. The number of rotatable bonds is 12. The molecule has 0 aliphatic heterocycles. The molecule has 41 heavy (non-hydrogen) atoms. The Bertz CT molecular complexity index is 1410. The molecular weight excluding hydrogens is 562 g/mol.